The molecule has 8 nitrogen and oxygen atoms in total. The molecule has 1 saturated heterocycles. The van der Waals surface area contributed by atoms with Crippen LogP contribution in [0.4, 0.5) is 4.79 Å². The zero-order valence-corrected chi connectivity index (χ0v) is 13.4. The van der Waals surface area contributed by atoms with Crippen LogP contribution in [0.15, 0.2) is 0 Å². The van der Waals surface area contributed by atoms with Gasteiger partial charge < -0.3 is 14.8 Å². The molecule has 8 heteroatoms. The highest BCUT2D eigenvalue weighted by Gasteiger charge is 2.37. The van der Waals surface area contributed by atoms with Gasteiger partial charge in [-0.05, 0) is 26.7 Å². The molecule has 1 rings (SSSR count). The lowest BCUT2D eigenvalue weighted by Gasteiger charge is -2.25. The van der Waals surface area contributed by atoms with Crippen LogP contribution in [-0.4, -0.2) is 41.6 Å². The highest BCUT2D eigenvalue weighted by atomic mass is 16.6. The van der Waals surface area contributed by atoms with E-state index in [4.69, 9.17) is 9.47 Å². The topological polar surface area (TPSA) is 111 Å². The van der Waals surface area contributed by atoms with Gasteiger partial charge >= 0.3 is 12.1 Å². The Kier molecular flexibility index (Phi) is 5.51. The number of ether oxygens (including phenoxy) is 2. The smallest absolute Gasteiger partial charge is 0.408 e. The number of carbonyl (C=O) groups is 4. The van der Waals surface area contributed by atoms with E-state index in [0.29, 0.717) is 0 Å². The lowest BCUT2D eigenvalue weighted by atomic mass is 10.0. The van der Waals surface area contributed by atoms with Gasteiger partial charge in [0.25, 0.3) is 5.91 Å². The summed E-state index contributed by atoms with van der Waals surface area (Å²) in [6, 6.07) is -0.974. The van der Waals surface area contributed by atoms with E-state index in [-0.39, 0.29) is 12.3 Å². The van der Waals surface area contributed by atoms with Crippen molar-refractivity contribution >= 4 is 23.9 Å². The molecule has 0 spiro atoms. The Morgan fingerprint density at radius 3 is 2.27 bits per heavy atom. The molecule has 0 aromatic carbocycles. The van der Waals surface area contributed by atoms with Crippen molar-refractivity contribution in [2.75, 3.05) is 0 Å². The molecule has 0 aliphatic carbocycles. The van der Waals surface area contributed by atoms with Crippen LogP contribution in [0.3, 0.4) is 0 Å². The number of alkyl carbamates (subject to hydrolysis) is 1. The minimum Gasteiger partial charge on any atom is -0.450 e. The van der Waals surface area contributed by atoms with E-state index in [1.165, 1.54) is 0 Å². The van der Waals surface area contributed by atoms with Gasteiger partial charge in [0.15, 0.2) is 6.10 Å². The number of esters is 1. The Morgan fingerprint density at radius 1 is 1.27 bits per heavy atom. The van der Waals surface area contributed by atoms with Gasteiger partial charge in [0.05, 0.1) is 6.42 Å². The zero-order valence-electron chi connectivity index (χ0n) is 13.4. The van der Waals surface area contributed by atoms with Gasteiger partial charge in [-0.2, -0.15) is 0 Å². The van der Waals surface area contributed by atoms with Crippen molar-refractivity contribution in [2.45, 2.75) is 58.8 Å². The minimum atomic E-state index is -1.15. The molecule has 22 heavy (non-hydrogen) atoms. The summed E-state index contributed by atoms with van der Waals surface area (Å²) in [5.41, 5.74) is -0.701. The molecule has 0 radical (unpaired) electrons. The van der Waals surface area contributed by atoms with E-state index in [0.717, 1.165) is 0 Å². The van der Waals surface area contributed by atoms with Crippen molar-refractivity contribution in [2.24, 2.45) is 5.92 Å². The third kappa shape index (κ3) is 5.34. The molecule has 1 aliphatic rings. The molecule has 0 aromatic heterocycles. The maximum atomic E-state index is 12.1. The summed E-state index contributed by atoms with van der Waals surface area (Å²) in [6.07, 6.45) is -2.11. The number of hydrogen-bond donors (Lipinski definition) is 2. The van der Waals surface area contributed by atoms with Crippen molar-refractivity contribution in [3.05, 3.63) is 0 Å². The normalized spacial score (nSPS) is 19.6. The molecular formula is C14H22N2O6. The third-order valence-corrected chi connectivity index (χ3v) is 2.78. The second-order valence-corrected chi connectivity index (χ2v) is 6.41. The first-order valence-corrected chi connectivity index (χ1v) is 7.03. The molecular weight excluding hydrogens is 292 g/mol. The van der Waals surface area contributed by atoms with Gasteiger partial charge in [0.2, 0.25) is 5.91 Å². The van der Waals surface area contributed by atoms with Gasteiger partial charge in [-0.25, -0.2) is 9.59 Å². The van der Waals surface area contributed by atoms with Crippen molar-refractivity contribution in [1.82, 2.24) is 10.6 Å². The molecule has 0 aromatic rings. The maximum Gasteiger partial charge on any atom is 0.408 e. The summed E-state index contributed by atoms with van der Waals surface area (Å²) in [5, 5.41) is 4.47. The van der Waals surface area contributed by atoms with Crippen LogP contribution in [0, 0.1) is 5.92 Å². The lowest BCUT2D eigenvalue weighted by Crippen LogP contribution is -2.48. The summed E-state index contributed by atoms with van der Waals surface area (Å²) in [7, 11) is 0. The van der Waals surface area contributed by atoms with Crippen LogP contribution in [0.25, 0.3) is 0 Å². The fourth-order valence-electron chi connectivity index (χ4n) is 1.77. The Bertz CT molecular complexity index is 480. The molecule has 3 amide bonds. The number of amides is 3. The summed E-state index contributed by atoms with van der Waals surface area (Å²) in [4.78, 5) is 46.3. The molecule has 0 saturated carbocycles. The van der Waals surface area contributed by atoms with Gasteiger partial charge in [-0.1, -0.05) is 13.8 Å². The highest BCUT2D eigenvalue weighted by Crippen LogP contribution is 2.13. The highest BCUT2D eigenvalue weighted by molar-refractivity contribution is 6.05. The molecule has 124 valence electrons. The summed E-state index contributed by atoms with van der Waals surface area (Å²) in [5.74, 6) is -2.21. The number of hydrogen-bond acceptors (Lipinski definition) is 6. The Morgan fingerprint density at radius 2 is 1.86 bits per heavy atom. The summed E-state index contributed by atoms with van der Waals surface area (Å²) in [6.45, 7) is 8.52. The minimum absolute atomic E-state index is 0.207. The Hall–Kier alpha value is -2.12. The maximum absolute atomic E-state index is 12.1. The van der Waals surface area contributed by atoms with E-state index in [9.17, 15) is 19.2 Å². The van der Waals surface area contributed by atoms with Gasteiger partial charge in [-0.15, -0.1) is 0 Å². The first kappa shape index (κ1) is 17.9. The van der Waals surface area contributed by atoms with Crippen LogP contribution in [0.2, 0.25) is 0 Å². The van der Waals surface area contributed by atoms with E-state index in [2.05, 4.69) is 5.32 Å². The van der Waals surface area contributed by atoms with Gasteiger partial charge in [0.1, 0.15) is 11.6 Å². The fourth-order valence-corrected chi connectivity index (χ4v) is 1.77. The fraction of sp³-hybridized carbons (Fsp3) is 0.714. The van der Waals surface area contributed by atoms with Crippen LogP contribution in [0.5, 0.6) is 0 Å². The first-order valence-electron chi connectivity index (χ1n) is 7.03. The van der Waals surface area contributed by atoms with Crippen LogP contribution < -0.4 is 10.6 Å². The van der Waals surface area contributed by atoms with Crippen molar-refractivity contribution < 1.29 is 28.7 Å². The molecule has 1 fully saturated rings. The second kappa shape index (κ2) is 6.76. The van der Waals surface area contributed by atoms with E-state index in [1.54, 1.807) is 34.6 Å². The van der Waals surface area contributed by atoms with Crippen molar-refractivity contribution in [3.8, 4) is 0 Å². The SMILES string of the molecule is CC(C)[C@H](NC(=O)OC(C)(C)C)C(=O)OC1CC(=O)NC1=O. The largest absolute Gasteiger partial charge is 0.450 e. The summed E-state index contributed by atoms with van der Waals surface area (Å²) >= 11 is 0. The van der Waals surface area contributed by atoms with E-state index < -0.39 is 41.6 Å². The molecule has 2 atom stereocenters. The van der Waals surface area contributed by atoms with Gasteiger partial charge in [-0.3, -0.25) is 14.9 Å². The quantitative estimate of drug-likeness (QED) is 0.577. The van der Waals surface area contributed by atoms with Crippen molar-refractivity contribution in [3.63, 3.8) is 0 Å². The number of nitrogens with one attached hydrogen (secondary N) is 2. The monoisotopic (exact) mass is 314 g/mol. The summed E-state index contributed by atoms with van der Waals surface area (Å²) < 4.78 is 10.1. The van der Waals surface area contributed by atoms with Crippen LogP contribution in [-0.2, 0) is 23.9 Å². The first-order chi connectivity index (χ1) is 9.99. The molecule has 1 unspecified atom stereocenters. The van der Waals surface area contributed by atoms with E-state index >= 15 is 0 Å². The number of rotatable bonds is 4. The number of imide groups is 1. The average Bonchev–Trinajstić information content (AvgIpc) is 2.62. The van der Waals surface area contributed by atoms with Crippen molar-refractivity contribution in [1.29, 1.82) is 0 Å². The average molecular weight is 314 g/mol. The zero-order chi connectivity index (χ0) is 17.1. The molecule has 1 heterocycles. The Labute approximate surface area is 128 Å². The lowest BCUT2D eigenvalue weighted by molar-refractivity contribution is -0.157. The van der Waals surface area contributed by atoms with Gasteiger partial charge in [0, 0.05) is 0 Å². The second-order valence-electron chi connectivity index (χ2n) is 6.41. The predicted molar refractivity (Wildman–Crippen MR) is 75.6 cm³/mol. The number of carbonyl (C=O) groups excluding carboxylic acids is 4. The van der Waals surface area contributed by atoms with Crippen LogP contribution in [0.1, 0.15) is 41.0 Å². The molecule has 0 bridgehead atoms. The standard InChI is InChI=1S/C14H22N2O6/c1-7(2)10(16-13(20)22-14(3,4)5)12(19)21-8-6-9(17)15-11(8)18/h7-8,10H,6H2,1-5H3,(H,16,20)(H,15,17,18)/t8?,10-/m0/s1. The van der Waals surface area contributed by atoms with E-state index in [1.807, 2.05) is 5.32 Å². The predicted octanol–water partition coefficient (Wildman–Crippen LogP) is 0.494. The molecule has 1 aliphatic heterocycles. The molecule has 2 N–H and O–H groups in total. The van der Waals surface area contributed by atoms with Crippen LogP contribution >= 0.6 is 0 Å². The Balaban J connectivity index is 2.66. The third-order valence-electron chi connectivity index (χ3n) is 2.78.